The number of benzene rings is 3. The van der Waals surface area contributed by atoms with Crippen molar-refractivity contribution >= 4 is 11.7 Å². The molecule has 0 radical (unpaired) electrons. The Morgan fingerprint density at radius 3 is 2.60 bits per heavy atom. The van der Waals surface area contributed by atoms with Crippen LogP contribution in [0.5, 0.6) is 5.75 Å². The lowest BCUT2D eigenvalue weighted by molar-refractivity contribution is -0.138. The van der Waals surface area contributed by atoms with E-state index in [1.54, 1.807) is 0 Å². The van der Waals surface area contributed by atoms with Gasteiger partial charge in [-0.1, -0.05) is 30.3 Å². The van der Waals surface area contributed by atoms with E-state index in [-0.39, 0.29) is 11.8 Å². The molecule has 182 valence electrons. The Morgan fingerprint density at radius 1 is 1.00 bits per heavy atom. The first-order valence-corrected chi connectivity index (χ1v) is 12.2. The Morgan fingerprint density at radius 2 is 1.83 bits per heavy atom. The summed E-state index contributed by atoms with van der Waals surface area (Å²) in [6, 6.07) is 20.9. The molecule has 6 heteroatoms. The lowest BCUT2D eigenvalue weighted by atomic mass is 9.94. The number of hydrogen-bond donors (Lipinski definition) is 2. The predicted molar refractivity (Wildman–Crippen MR) is 135 cm³/mol. The zero-order valence-corrected chi connectivity index (χ0v) is 20.0. The first kappa shape index (κ1) is 23.4. The van der Waals surface area contributed by atoms with Crippen molar-refractivity contribution in [3.63, 3.8) is 0 Å². The number of carboxylic acids is 1. The SMILES string of the molecule is CCOCCOc1ccc2c(c1)COCc1ccc(CNc3ccc([C@H]4C[C@@H]4C(=O)O)cc3)cc1-2. The van der Waals surface area contributed by atoms with Crippen LogP contribution in [0.15, 0.2) is 60.7 Å². The van der Waals surface area contributed by atoms with Gasteiger partial charge in [-0.2, -0.15) is 0 Å². The number of ether oxygens (including phenoxy) is 3. The van der Waals surface area contributed by atoms with E-state index < -0.39 is 5.97 Å². The number of fused-ring (bicyclic) bond motifs is 3. The first-order chi connectivity index (χ1) is 17.1. The Bertz CT molecular complexity index is 1190. The second-order valence-corrected chi connectivity index (χ2v) is 9.11. The molecule has 6 nitrogen and oxygen atoms in total. The molecule has 2 N–H and O–H groups in total. The number of anilines is 1. The molecule has 0 saturated heterocycles. The van der Waals surface area contributed by atoms with E-state index in [0.29, 0.717) is 39.6 Å². The van der Waals surface area contributed by atoms with Crippen LogP contribution in [0.3, 0.4) is 0 Å². The Hall–Kier alpha value is -3.35. The van der Waals surface area contributed by atoms with E-state index in [1.807, 2.05) is 37.3 Å². The molecule has 1 heterocycles. The summed E-state index contributed by atoms with van der Waals surface area (Å²) in [4.78, 5) is 11.1. The highest BCUT2D eigenvalue weighted by molar-refractivity contribution is 5.75. The van der Waals surface area contributed by atoms with Crippen molar-refractivity contribution < 1.29 is 24.1 Å². The quantitative estimate of drug-likeness (QED) is 0.373. The van der Waals surface area contributed by atoms with E-state index in [2.05, 4.69) is 35.6 Å². The van der Waals surface area contributed by atoms with Gasteiger partial charge in [0.15, 0.2) is 0 Å². The maximum Gasteiger partial charge on any atom is 0.307 e. The third-order valence-corrected chi connectivity index (χ3v) is 6.70. The second kappa shape index (κ2) is 10.5. The van der Waals surface area contributed by atoms with Crippen LogP contribution in [0.2, 0.25) is 0 Å². The van der Waals surface area contributed by atoms with Crippen molar-refractivity contribution in [2.24, 2.45) is 5.92 Å². The standard InChI is InChI=1S/C29H31NO5/c1-2-33-11-12-35-24-9-10-25-22(14-24)18-34-17-21-4-3-19(13-26(21)25)16-30-23-7-5-20(6-8-23)27-15-28(27)29(31)32/h3-10,13-14,27-28,30H,2,11-12,15-18H2,1H3,(H,31,32)/t27-,28+/m1/s1. The molecule has 35 heavy (non-hydrogen) atoms. The largest absolute Gasteiger partial charge is 0.491 e. The molecule has 0 amide bonds. The smallest absolute Gasteiger partial charge is 0.307 e. The second-order valence-electron chi connectivity index (χ2n) is 9.11. The first-order valence-electron chi connectivity index (χ1n) is 12.2. The van der Waals surface area contributed by atoms with Crippen LogP contribution in [-0.4, -0.2) is 30.9 Å². The van der Waals surface area contributed by atoms with Gasteiger partial charge in [-0.3, -0.25) is 4.79 Å². The highest BCUT2D eigenvalue weighted by Gasteiger charge is 2.43. The average molecular weight is 474 g/mol. The van der Waals surface area contributed by atoms with Crippen LogP contribution in [0.25, 0.3) is 11.1 Å². The molecule has 2 atom stereocenters. The van der Waals surface area contributed by atoms with Gasteiger partial charge in [0.05, 0.1) is 25.7 Å². The van der Waals surface area contributed by atoms with Crippen molar-refractivity contribution in [3.8, 4) is 16.9 Å². The van der Waals surface area contributed by atoms with Gasteiger partial charge >= 0.3 is 5.97 Å². The van der Waals surface area contributed by atoms with Gasteiger partial charge in [-0.05, 0) is 83.0 Å². The molecule has 3 aromatic rings. The van der Waals surface area contributed by atoms with E-state index in [9.17, 15) is 4.79 Å². The fraction of sp³-hybridized carbons (Fsp3) is 0.345. The normalized spacial score (nSPS) is 18.2. The zero-order chi connectivity index (χ0) is 24.2. The van der Waals surface area contributed by atoms with Crippen LogP contribution < -0.4 is 10.1 Å². The van der Waals surface area contributed by atoms with Crippen LogP contribution in [0.1, 0.15) is 41.5 Å². The maximum absolute atomic E-state index is 11.1. The van der Waals surface area contributed by atoms with Crippen LogP contribution in [0.4, 0.5) is 5.69 Å². The van der Waals surface area contributed by atoms with E-state index >= 15 is 0 Å². The summed E-state index contributed by atoms with van der Waals surface area (Å²) in [5.41, 5.74) is 7.99. The average Bonchev–Trinajstić information content (AvgIpc) is 3.69. The molecular formula is C29H31NO5. The van der Waals surface area contributed by atoms with Crippen LogP contribution in [0, 0.1) is 5.92 Å². The summed E-state index contributed by atoms with van der Waals surface area (Å²) >= 11 is 0. The molecule has 1 fully saturated rings. The molecule has 3 aromatic carbocycles. The van der Waals surface area contributed by atoms with Crippen molar-refractivity contribution in [1.29, 1.82) is 0 Å². The topological polar surface area (TPSA) is 77.0 Å². The molecule has 2 aliphatic rings. The van der Waals surface area contributed by atoms with Crippen LogP contribution >= 0.6 is 0 Å². The lowest BCUT2D eigenvalue weighted by Crippen LogP contribution is -2.06. The minimum Gasteiger partial charge on any atom is -0.491 e. The number of nitrogens with one attached hydrogen (secondary N) is 1. The Balaban J connectivity index is 1.26. The van der Waals surface area contributed by atoms with Gasteiger partial charge in [0.25, 0.3) is 0 Å². The maximum atomic E-state index is 11.1. The fourth-order valence-corrected chi connectivity index (χ4v) is 4.67. The van der Waals surface area contributed by atoms with E-state index in [1.165, 1.54) is 22.3 Å². The molecule has 0 aromatic heterocycles. The van der Waals surface area contributed by atoms with Gasteiger partial charge in [-0.25, -0.2) is 0 Å². The van der Waals surface area contributed by atoms with Gasteiger partial charge in [0.2, 0.25) is 0 Å². The number of aliphatic carboxylic acids is 1. The molecular weight excluding hydrogens is 442 g/mol. The van der Waals surface area contributed by atoms with Gasteiger partial charge in [0, 0.05) is 18.8 Å². The monoisotopic (exact) mass is 473 g/mol. The number of carboxylic acid groups (broad SMARTS) is 1. The number of hydrogen-bond acceptors (Lipinski definition) is 5. The summed E-state index contributed by atoms with van der Waals surface area (Å²) in [6.45, 7) is 5.60. The Kier molecular flexibility index (Phi) is 7.02. The van der Waals surface area contributed by atoms with Gasteiger partial charge in [0.1, 0.15) is 12.4 Å². The predicted octanol–water partition coefficient (Wildman–Crippen LogP) is 5.60. The molecule has 0 bridgehead atoms. The van der Waals surface area contributed by atoms with Crippen molar-refractivity contribution in [2.45, 2.75) is 39.0 Å². The summed E-state index contributed by atoms with van der Waals surface area (Å²) in [5, 5.41) is 12.6. The third-order valence-electron chi connectivity index (χ3n) is 6.70. The summed E-state index contributed by atoms with van der Waals surface area (Å²) in [7, 11) is 0. The van der Waals surface area contributed by atoms with Crippen molar-refractivity contribution in [1.82, 2.24) is 0 Å². The molecule has 5 rings (SSSR count). The molecule has 0 unspecified atom stereocenters. The lowest BCUT2D eigenvalue weighted by Gasteiger charge is -2.14. The minimum atomic E-state index is -0.697. The van der Waals surface area contributed by atoms with Gasteiger partial charge < -0.3 is 24.6 Å². The highest BCUT2D eigenvalue weighted by atomic mass is 16.5. The molecule has 1 aliphatic carbocycles. The number of carbonyl (C=O) groups is 1. The van der Waals surface area contributed by atoms with Crippen LogP contribution in [-0.2, 0) is 34.0 Å². The summed E-state index contributed by atoms with van der Waals surface area (Å²) in [6.07, 6.45) is 0.739. The minimum absolute atomic E-state index is 0.156. The highest BCUT2D eigenvalue weighted by Crippen LogP contribution is 2.47. The summed E-state index contributed by atoms with van der Waals surface area (Å²) in [5.74, 6) is 0.0670. The zero-order valence-electron chi connectivity index (χ0n) is 20.0. The Labute approximate surface area is 205 Å². The van der Waals surface area contributed by atoms with E-state index in [4.69, 9.17) is 19.3 Å². The van der Waals surface area contributed by atoms with Crippen molar-refractivity contribution in [2.75, 3.05) is 25.1 Å². The van der Waals surface area contributed by atoms with Crippen molar-refractivity contribution in [3.05, 3.63) is 82.9 Å². The fourth-order valence-electron chi connectivity index (χ4n) is 4.67. The number of rotatable bonds is 10. The van der Waals surface area contributed by atoms with E-state index in [0.717, 1.165) is 29.0 Å². The molecule has 1 saturated carbocycles. The summed E-state index contributed by atoms with van der Waals surface area (Å²) < 4.78 is 17.1. The molecule has 0 spiro atoms. The van der Waals surface area contributed by atoms with Gasteiger partial charge in [-0.15, -0.1) is 0 Å². The molecule has 1 aliphatic heterocycles. The third kappa shape index (κ3) is 5.50.